The second-order valence-corrected chi connectivity index (χ2v) is 7.45. The van der Waals surface area contributed by atoms with Gasteiger partial charge < -0.3 is 19.9 Å². The highest BCUT2D eigenvalue weighted by molar-refractivity contribution is 5.75. The molecule has 0 radical (unpaired) electrons. The summed E-state index contributed by atoms with van der Waals surface area (Å²) in [6.45, 7) is 13.5. The molecule has 2 amide bonds. The summed E-state index contributed by atoms with van der Waals surface area (Å²) in [7, 11) is 3.65. The van der Waals surface area contributed by atoms with Gasteiger partial charge in [-0.15, -0.1) is 0 Å². The topological polar surface area (TPSA) is 44.8 Å². The summed E-state index contributed by atoms with van der Waals surface area (Å²) in [6.07, 6.45) is 12.1. The zero-order valence-electron chi connectivity index (χ0n) is 18.8. The first kappa shape index (κ1) is 25.4. The molecule has 1 aliphatic heterocycles. The minimum absolute atomic E-state index is 0.142. The van der Waals surface area contributed by atoms with Crippen LogP contribution in [0, 0.1) is 0 Å². The summed E-state index contributed by atoms with van der Waals surface area (Å²) in [5.74, 6) is 0.235. The van der Waals surface area contributed by atoms with Gasteiger partial charge in [0.05, 0.1) is 12.9 Å². The van der Waals surface area contributed by atoms with Crippen molar-refractivity contribution in [3.05, 3.63) is 72.3 Å². The highest BCUT2D eigenvalue weighted by atomic mass is 19.1. The number of carbonyl (C=O) groups excluding carboxylic acids is 1. The van der Waals surface area contributed by atoms with Gasteiger partial charge in [-0.05, 0) is 70.1 Å². The third-order valence-corrected chi connectivity index (χ3v) is 4.99. The fraction of sp³-hybridized carbons (Fsp3) is 0.458. The number of hydrogen-bond donors (Lipinski definition) is 1. The first-order valence-corrected chi connectivity index (χ1v) is 10.2. The Kier molecular flexibility index (Phi) is 11.5. The third-order valence-electron chi connectivity index (χ3n) is 4.99. The van der Waals surface area contributed by atoms with Crippen molar-refractivity contribution in [1.29, 1.82) is 0 Å². The first-order valence-electron chi connectivity index (χ1n) is 10.2. The molecule has 1 heterocycles. The van der Waals surface area contributed by atoms with Gasteiger partial charge in [0.2, 0.25) is 0 Å². The lowest BCUT2D eigenvalue weighted by molar-refractivity contribution is 0.188. The Morgan fingerprint density at radius 2 is 1.87 bits per heavy atom. The lowest BCUT2D eigenvalue weighted by Crippen LogP contribution is -2.49. The van der Waals surface area contributed by atoms with Crippen LogP contribution in [-0.4, -0.2) is 62.2 Å². The summed E-state index contributed by atoms with van der Waals surface area (Å²) in [5.41, 5.74) is 1.69. The van der Waals surface area contributed by atoms with E-state index in [1.807, 2.05) is 19.1 Å². The molecule has 166 valence electrons. The molecule has 0 aromatic heterocycles. The Labute approximate surface area is 180 Å². The van der Waals surface area contributed by atoms with Gasteiger partial charge in [-0.1, -0.05) is 37.5 Å². The molecule has 1 saturated heterocycles. The summed E-state index contributed by atoms with van der Waals surface area (Å²) in [4.78, 5) is 17.1. The van der Waals surface area contributed by atoms with Crippen molar-refractivity contribution in [1.82, 2.24) is 15.1 Å². The number of nitrogens with zero attached hydrogens (tertiary/aromatic N) is 2. The molecule has 0 aromatic rings. The van der Waals surface area contributed by atoms with E-state index >= 15 is 0 Å². The van der Waals surface area contributed by atoms with Crippen LogP contribution in [0.4, 0.5) is 9.18 Å². The number of rotatable bonds is 10. The first-order chi connectivity index (χ1) is 14.3. The average molecular weight is 418 g/mol. The van der Waals surface area contributed by atoms with Crippen LogP contribution in [0.3, 0.4) is 0 Å². The van der Waals surface area contributed by atoms with Crippen LogP contribution in [0.1, 0.15) is 26.7 Å². The molecule has 5 nitrogen and oxygen atoms in total. The number of amides is 2. The lowest BCUT2D eigenvalue weighted by atomic mass is 10.1. The zero-order chi connectivity index (χ0) is 22.5. The van der Waals surface area contributed by atoms with Gasteiger partial charge in [0.15, 0.2) is 0 Å². The predicted octanol–water partition coefficient (Wildman–Crippen LogP) is 4.74. The SMILES string of the molecule is C=C/C(=C\C=C(/C)F)CN(CC(/C=C\C(=C)OC)=C/C)C(=O)NC1CCN(C)CC1. The third kappa shape index (κ3) is 9.74. The van der Waals surface area contributed by atoms with Gasteiger partial charge in [-0.3, -0.25) is 0 Å². The Hall–Kier alpha value is -2.60. The molecule has 0 aromatic carbocycles. The van der Waals surface area contributed by atoms with E-state index < -0.39 is 0 Å². The number of methoxy groups -OCH3 is 1. The van der Waals surface area contributed by atoms with Crippen LogP contribution >= 0.6 is 0 Å². The molecule has 0 aliphatic carbocycles. The summed E-state index contributed by atoms with van der Waals surface area (Å²) >= 11 is 0. The molecular weight excluding hydrogens is 381 g/mol. The predicted molar refractivity (Wildman–Crippen MR) is 123 cm³/mol. The van der Waals surface area contributed by atoms with Gasteiger partial charge in [0, 0.05) is 19.1 Å². The molecule has 0 spiro atoms. The van der Waals surface area contributed by atoms with Crippen molar-refractivity contribution < 1.29 is 13.9 Å². The van der Waals surface area contributed by atoms with Crippen LogP contribution in [0.5, 0.6) is 0 Å². The molecule has 0 atom stereocenters. The van der Waals surface area contributed by atoms with E-state index in [9.17, 15) is 9.18 Å². The second-order valence-electron chi connectivity index (χ2n) is 7.45. The maximum absolute atomic E-state index is 13.2. The smallest absolute Gasteiger partial charge is 0.318 e. The molecule has 30 heavy (non-hydrogen) atoms. The van der Waals surface area contributed by atoms with Crippen molar-refractivity contribution in [2.45, 2.75) is 32.7 Å². The largest absolute Gasteiger partial charge is 0.497 e. The molecule has 1 N–H and O–H groups in total. The Morgan fingerprint density at radius 1 is 1.23 bits per heavy atom. The molecule has 6 heteroatoms. The average Bonchev–Trinajstić information content (AvgIpc) is 2.73. The number of carbonyl (C=O) groups is 1. The van der Waals surface area contributed by atoms with Gasteiger partial charge in [-0.2, -0.15) is 0 Å². The molecule has 1 rings (SSSR count). The minimum atomic E-state index is -0.299. The van der Waals surface area contributed by atoms with E-state index in [2.05, 4.69) is 30.4 Å². The van der Waals surface area contributed by atoms with E-state index in [1.54, 1.807) is 30.2 Å². The van der Waals surface area contributed by atoms with Crippen molar-refractivity contribution in [2.24, 2.45) is 0 Å². The fourth-order valence-electron chi connectivity index (χ4n) is 2.97. The number of ether oxygens (including phenoxy) is 1. The van der Waals surface area contributed by atoms with Crippen LogP contribution in [0.2, 0.25) is 0 Å². The molecule has 1 fully saturated rings. The quantitative estimate of drug-likeness (QED) is 0.412. The van der Waals surface area contributed by atoms with Crippen LogP contribution in [0.25, 0.3) is 0 Å². The summed E-state index contributed by atoms with van der Waals surface area (Å²) in [6, 6.07) is 0.00906. The lowest BCUT2D eigenvalue weighted by Gasteiger charge is -2.32. The van der Waals surface area contributed by atoms with E-state index in [0.29, 0.717) is 18.8 Å². The molecule has 1 aliphatic rings. The maximum atomic E-state index is 13.2. The Morgan fingerprint density at radius 3 is 2.40 bits per heavy atom. The highest BCUT2D eigenvalue weighted by Crippen LogP contribution is 2.12. The van der Waals surface area contributed by atoms with Gasteiger partial charge in [-0.25, -0.2) is 9.18 Å². The van der Waals surface area contributed by atoms with Crippen LogP contribution in [0.15, 0.2) is 72.3 Å². The molecular formula is C24H36FN3O2. The highest BCUT2D eigenvalue weighted by Gasteiger charge is 2.22. The number of hydrogen-bond acceptors (Lipinski definition) is 3. The van der Waals surface area contributed by atoms with Gasteiger partial charge in [0.25, 0.3) is 0 Å². The molecule has 0 unspecified atom stereocenters. The molecule has 0 bridgehead atoms. The van der Waals surface area contributed by atoms with Crippen molar-refractivity contribution >= 4 is 6.03 Å². The van der Waals surface area contributed by atoms with Crippen molar-refractivity contribution in [3.8, 4) is 0 Å². The number of halogens is 1. The van der Waals surface area contributed by atoms with E-state index in [4.69, 9.17) is 4.74 Å². The number of nitrogens with one attached hydrogen (secondary N) is 1. The monoisotopic (exact) mass is 417 g/mol. The van der Waals surface area contributed by atoms with E-state index in [-0.39, 0.29) is 17.9 Å². The summed E-state index contributed by atoms with van der Waals surface area (Å²) in [5, 5.41) is 3.16. The van der Waals surface area contributed by atoms with E-state index in [0.717, 1.165) is 37.1 Å². The standard InChI is InChI=1S/C24H36FN3O2/c1-7-21(11-9-19(3)25)17-28(18-22(8-2)12-10-20(4)30-6)24(29)26-23-13-15-27(5)16-14-23/h7-12,23H,1,4,13-18H2,2-3,5-6H3,(H,26,29)/b12-10-,19-9+,21-11+,22-8+. The number of allylic oxidation sites excluding steroid dienone is 5. The number of piperidine rings is 1. The zero-order valence-corrected chi connectivity index (χ0v) is 18.8. The number of likely N-dealkylation sites (tertiary alicyclic amines) is 1. The van der Waals surface area contributed by atoms with Gasteiger partial charge >= 0.3 is 6.03 Å². The second kappa shape index (κ2) is 13.6. The Bertz CT molecular complexity index is 710. The van der Waals surface area contributed by atoms with Crippen molar-refractivity contribution in [2.75, 3.05) is 40.3 Å². The van der Waals surface area contributed by atoms with Gasteiger partial charge in [0.1, 0.15) is 5.76 Å². The Balaban J connectivity index is 2.98. The molecule has 0 saturated carbocycles. The van der Waals surface area contributed by atoms with Crippen molar-refractivity contribution in [3.63, 3.8) is 0 Å². The minimum Gasteiger partial charge on any atom is -0.497 e. The van der Waals surface area contributed by atoms with Crippen LogP contribution in [-0.2, 0) is 4.74 Å². The maximum Gasteiger partial charge on any atom is 0.318 e. The number of urea groups is 1. The van der Waals surface area contributed by atoms with E-state index in [1.165, 1.54) is 13.0 Å². The normalized spacial score (nSPS) is 17.2. The fourth-order valence-corrected chi connectivity index (χ4v) is 2.97. The summed E-state index contributed by atoms with van der Waals surface area (Å²) < 4.78 is 18.2. The van der Waals surface area contributed by atoms with Crippen LogP contribution < -0.4 is 5.32 Å².